The van der Waals surface area contributed by atoms with Gasteiger partial charge in [-0.3, -0.25) is 9.36 Å². The van der Waals surface area contributed by atoms with E-state index in [0.717, 1.165) is 38.6 Å². The number of rotatable bonds is 3. The number of aromatic nitrogens is 2. The van der Waals surface area contributed by atoms with Crippen molar-refractivity contribution in [3.8, 4) is 16.9 Å². The van der Waals surface area contributed by atoms with E-state index in [9.17, 15) is 9.59 Å². The van der Waals surface area contributed by atoms with Crippen molar-refractivity contribution in [1.29, 1.82) is 0 Å². The molecule has 0 unspecified atom stereocenters. The zero-order chi connectivity index (χ0) is 25.0. The van der Waals surface area contributed by atoms with E-state index in [4.69, 9.17) is 4.74 Å². The molecule has 0 aliphatic carbocycles. The van der Waals surface area contributed by atoms with Crippen LogP contribution >= 0.6 is 0 Å². The number of ether oxygens (including phenoxy) is 1. The highest BCUT2D eigenvalue weighted by Gasteiger charge is 2.34. The summed E-state index contributed by atoms with van der Waals surface area (Å²) in [6.07, 6.45) is 1.36. The SMILES string of the molecule is C=CC(=O)N1C[C@H](C)N(c2nc(=O)n3c4c(c(-c5cccc6ccccc56)ccc24)OCC3)C[C@H]1C. The average Bonchev–Trinajstić information content (AvgIpc) is 2.91. The molecule has 7 heteroatoms. The number of benzene rings is 3. The van der Waals surface area contributed by atoms with Gasteiger partial charge in [-0.2, -0.15) is 4.98 Å². The Labute approximate surface area is 209 Å². The highest BCUT2D eigenvalue weighted by molar-refractivity contribution is 6.04. The number of amides is 1. The fraction of sp³-hybridized carbons (Fsp3) is 0.276. The zero-order valence-corrected chi connectivity index (χ0v) is 20.5. The molecule has 0 radical (unpaired) electrons. The van der Waals surface area contributed by atoms with E-state index in [1.807, 2.05) is 24.0 Å². The molecule has 2 aliphatic heterocycles. The molecule has 1 aromatic heterocycles. The Morgan fingerprint density at radius 1 is 1.00 bits per heavy atom. The highest BCUT2D eigenvalue weighted by atomic mass is 16.5. The third-order valence-corrected chi connectivity index (χ3v) is 7.43. The predicted octanol–water partition coefficient (Wildman–Crippen LogP) is 4.22. The second kappa shape index (κ2) is 8.52. The standard InChI is InChI=1S/C29H28N4O3/c1-4-25(34)32-16-19(3)33(17-18(32)2)28-24-13-12-23(22-11-7-9-20-8-5-6-10-21(20)22)27-26(24)31(14-15-36-27)29(35)30-28/h4-13,18-19H,1,14-17H2,2-3H3/t18-,19+/m1/s1. The number of piperazine rings is 1. The maximum atomic E-state index is 13.3. The van der Waals surface area contributed by atoms with Gasteiger partial charge >= 0.3 is 5.69 Å². The van der Waals surface area contributed by atoms with Crippen molar-refractivity contribution < 1.29 is 9.53 Å². The lowest BCUT2D eigenvalue weighted by Gasteiger charge is -2.44. The molecule has 0 N–H and O–H groups in total. The Bertz CT molecular complexity index is 1590. The molecule has 0 spiro atoms. The third kappa shape index (κ3) is 3.38. The fourth-order valence-electron chi connectivity index (χ4n) is 5.66. The molecule has 4 aromatic rings. The van der Waals surface area contributed by atoms with Crippen LogP contribution in [0.2, 0.25) is 0 Å². The summed E-state index contributed by atoms with van der Waals surface area (Å²) in [5.41, 5.74) is 2.54. The van der Waals surface area contributed by atoms with Gasteiger partial charge in [-0.25, -0.2) is 4.79 Å². The van der Waals surface area contributed by atoms with E-state index >= 15 is 0 Å². The Morgan fingerprint density at radius 2 is 1.81 bits per heavy atom. The van der Waals surface area contributed by atoms with Crippen LogP contribution in [0, 0.1) is 0 Å². The van der Waals surface area contributed by atoms with Crippen molar-refractivity contribution >= 4 is 33.4 Å². The van der Waals surface area contributed by atoms with Crippen molar-refractivity contribution in [3.05, 3.63) is 77.7 Å². The van der Waals surface area contributed by atoms with Gasteiger partial charge in [-0.15, -0.1) is 0 Å². The molecular formula is C29H28N4O3. The minimum absolute atomic E-state index is 0.0129. The van der Waals surface area contributed by atoms with Gasteiger partial charge in [0, 0.05) is 36.1 Å². The number of hydrogen-bond donors (Lipinski definition) is 0. The van der Waals surface area contributed by atoms with E-state index in [-0.39, 0.29) is 23.7 Å². The summed E-state index contributed by atoms with van der Waals surface area (Å²) >= 11 is 0. The van der Waals surface area contributed by atoms with Crippen molar-refractivity contribution in [2.45, 2.75) is 32.5 Å². The minimum Gasteiger partial charge on any atom is -0.489 e. The molecule has 1 saturated heterocycles. The zero-order valence-electron chi connectivity index (χ0n) is 20.5. The minimum atomic E-state index is -0.276. The van der Waals surface area contributed by atoms with Gasteiger partial charge in [-0.05, 0) is 48.4 Å². The smallest absolute Gasteiger partial charge is 0.350 e. The van der Waals surface area contributed by atoms with Crippen LogP contribution in [0.15, 0.2) is 72.0 Å². The molecule has 36 heavy (non-hydrogen) atoms. The molecule has 182 valence electrons. The molecule has 2 atom stereocenters. The highest BCUT2D eigenvalue weighted by Crippen LogP contribution is 2.43. The van der Waals surface area contributed by atoms with Crippen LogP contribution in [0.1, 0.15) is 13.8 Å². The predicted molar refractivity (Wildman–Crippen MR) is 143 cm³/mol. The summed E-state index contributed by atoms with van der Waals surface area (Å²) in [5.74, 6) is 1.29. The number of hydrogen-bond acceptors (Lipinski definition) is 5. The van der Waals surface area contributed by atoms with Crippen LogP contribution in [0.25, 0.3) is 32.8 Å². The molecule has 3 aromatic carbocycles. The Morgan fingerprint density at radius 3 is 2.64 bits per heavy atom. The van der Waals surface area contributed by atoms with Crippen LogP contribution in [0.5, 0.6) is 5.75 Å². The number of fused-ring (bicyclic) bond motifs is 1. The monoisotopic (exact) mass is 480 g/mol. The Balaban J connectivity index is 1.54. The van der Waals surface area contributed by atoms with Gasteiger partial charge in [0.2, 0.25) is 5.91 Å². The third-order valence-electron chi connectivity index (χ3n) is 7.43. The summed E-state index contributed by atoms with van der Waals surface area (Å²) in [6.45, 7) is 9.70. The van der Waals surface area contributed by atoms with Crippen molar-refractivity contribution in [3.63, 3.8) is 0 Å². The molecule has 0 bridgehead atoms. The second-order valence-electron chi connectivity index (χ2n) is 9.63. The van der Waals surface area contributed by atoms with Crippen LogP contribution in [0.3, 0.4) is 0 Å². The van der Waals surface area contributed by atoms with Gasteiger partial charge in [-0.1, -0.05) is 49.0 Å². The summed E-state index contributed by atoms with van der Waals surface area (Å²) in [6, 6.07) is 18.6. The van der Waals surface area contributed by atoms with E-state index in [1.54, 1.807) is 4.57 Å². The van der Waals surface area contributed by atoms with E-state index in [1.165, 1.54) is 6.08 Å². The summed E-state index contributed by atoms with van der Waals surface area (Å²) in [5, 5.41) is 3.18. The maximum Gasteiger partial charge on any atom is 0.350 e. The first-order chi connectivity index (χ1) is 17.5. The van der Waals surface area contributed by atoms with Crippen LogP contribution in [-0.2, 0) is 11.3 Å². The fourth-order valence-corrected chi connectivity index (χ4v) is 5.66. The number of nitrogens with zero attached hydrogens (tertiary/aromatic N) is 4. The molecule has 2 aliphatic rings. The van der Waals surface area contributed by atoms with Crippen molar-refractivity contribution in [2.24, 2.45) is 0 Å². The summed E-state index contributed by atoms with van der Waals surface area (Å²) < 4.78 is 8.00. The van der Waals surface area contributed by atoms with E-state index < -0.39 is 0 Å². The first kappa shape index (κ1) is 22.3. The number of carbonyl (C=O) groups excluding carboxylic acids is 1. The van der Waals surface area contributed by atoms with E-state index in [0.29, 0.717) is 32.1 Å². The van der Waals surface area contributed by atoms with Gasteiger partial charge < -0.3 is 14.5 Å². The topological polar surface area (TPSA) is 67.7 Å². The van der Waals surface area contributed by atoms with Gasteiger partial charge in [0.1, 0.15) is 12.4 Å². The van der Waals surface area contributed by atoms with Crippen molar-refractivity contribution in [2.75, 3.05) is 24.6 Å². The molecule has 1 fully saturated rings. The average molecular weight is 481 g/mol. The van der Waals surface area contributed by atoms with Crippen LogP contribution in [-0.4, -0.2) is 52.1 Å². The first-order valence-electron chi connectivity index (χ1n) is 12.4. The molecular weight excluding hydrogens is 452 g/mol. The lowest BCUT2D eigenvalue weighted by molar-refractivity contribution is -0.128. The lowest BCUT2D eigenvalue weighted by atomic mass is 9.96. The number of anilines is 1. The summed E-state index contributed by atoms with van der Waals surface area (Å²) in [7, 11) is 0. The molecule has 3 heterocycles. The normalized spacial score (nSPS) is 19.4. The second-order valence-corrected chi connectivity index (χ2v) is 9.63. The Hall–Kier alpha value is -4.13. The molecule has 7 nitrogen and oxygen atoms in total. The maximum absolute atomic E-state index is 13.3. The Kier molecular flexibility index (Phi) is 5.29. The van der Waals surface area contributed by atoms with Crippen LogP contribution < -0.4 is 15.3 Å². The molecule has 1 amide bonds. The molecule has 6 rings (SSSR count). The summed E-state index contributed by atoms with van der Waals surface area (Å²) in [4.78, 5) is 34.1. The van der Waals surface area contributed by atoms with E-state index in [2.05, 4.69) is 65.9 Å². The molecule has 0 saturated carbocycles. The van der Waals surface area contributed by atoms with Gasteiger partial charge in [0.05, 0.1) is 12.1 Å². The van der Waals surface area contributed by atoms with Crippen LogP contribution in [0.4, 0.5) is 5.82 Å². The van der Waals surface area contributed by atoms with Gasteiger partial charge in [0.15, 0.2) is 5.75 Å². The first-order valence-corrected chi connectivity index (χ1v) is 12.4. The number of carbonyl (C=O) groups is 1. The lowest BCUT2D eigenvalue weighted by Crippen LogP contribution is -2.58. The largest absolute Gasteiger partial charge is 0.489 e. The van der Waals surface area contributed by atoms with Crippen molar-refractivity contribution in [1.82, 2.24) is 14.5 Å². The van der Waals surface area contributed by atoms with Gasteiger partial charge in [0.25, 0.3) is 0 Å². The quantitative estimate of drug-likeness (QED) is 0.411.